The lowest BCUT2D eigenvalue weighted by Crippen LogP contribution is -2.37. The van der Waals surface area contributed by atoms with E-state index >= 15 is 0 Å². The third kappa shape index (κ3) is 7.07. The molecule has 1 N–H and O–H groups in total. The smallest absolute Gasteiger partial charge is 0.0594 e. The van der Waals surface area contributed by atoms with Crippen LogP contribution in [-0.4, -0.2) is 50.8 Å². The second-order valence-electron chi connectivity index (χ2n) is 6.16. The average molecular weight is 290 g/mol. The molecular weight excluding hydrogens is 260 g/mol. The van der Waals surface area contributed by atoms with Crippen LogP contribution in [0.25, 0.3) is 0 Å². The van der Waals surface area contributed by atoms with Gasteiger partial charge in [0.05, 0.1) is 13.2 Å². The zero-order valence-electron chi connectivity index (χ0n) is 13.4. The van der Waals surface area contributed by atoms with Crippen molar-refractivity contribution in [3.05, 3.63) is 35.9 Å². The van der Waals surface area contributed by atoms with Gasteiger partial charge in [0.25, 0.3) is 0 Å². The van der Waals surface area contributed by atoms with Crippen molar-refractivity contribution in [2.45, 2.75) is 26.2 Å². The van der Waals surface area contributed by atoms with Crippen LogP contribution in [0.4, 0.5) is 0 Å². The number of rotatable bonds is 9. The van der Waals surface area contributed by atoms with E-state index in [1.165, 1.54) is 31.4 Å². The van der Waals surface area contributed by atoms with Crippen LogP contribution in [0.3, 0.4) is 0 Å². The highest BCUT2D eigenvalue weighted by atomic mass is 16.5. The van der Waals surface area contributed by atoms with Gasteiger partial charge in [0, 0.05) is 13.1 Å². The van der Waals surface area contributed by atoms with Crippen molar-refractivity contribution in [3.63, 3.8) is 0 Å². The summed E-state index contributed by atoms with van der Waals surface area (Å²) in [6, 6.07) is 10.8. The molecule has 1 aromatic rings. The SMILES string of the molecule is CC(CNCCCCN1CCOCC1)Cc1ccccc1. The Morgan fingerprint density at radius 3 is 2.67 bits per heavy atom. The second kappa shape index (κ2) is 9.93. The summed E-state index contributed by atoms with van der Waals surface area (Å²) in [5.74, 6) is 0.701. The molecule has 1 aromatic carbocycles. The summed E-state index contributed by atoms with van der Waals surface area (Å²) in [6.45, 7) is 9.86. The number of hydrogen-bond donors (Lipinski definition) is 1. The Bertz CT molecular complexity index is 363. The van der Waals surface area contributed by atoms with Crippen molar-refractivity contribution in [1.29, 1.82) is 0 Å². The molecule has 1 fully saturated rings. The fourth-order valence-corrected chi connectivity index (χ4v) is 2.85. The molecule has 0 amide bonds. The van der Waals surface area contributed by atoms with E-state index in [0.29, 0.717) is 5.92 Å². The average Bonchev–Trinajstić information content (AvgIpc) is 2.53. The first-order valence-electron chi connectivity index (χ1n) is 8.39. The van der Waals surface area contributed by atoms with Gasteiger partial charge in [-0.1, -0.05) is 37.3 Å². The summed E-state index contributed by atoms with van der Waals surface area (Å²) in [5, 5.41) is 3.60. The maximum absolute atomic E-state index is 5.37. The Balaban J connectivity index is 1.45. The standard InChI is InChI=1S/C18H30N2O/c1-17(15-18-7-3-2-4-8-18)16-19-9-5-6-10-20-11-13-21-14-12-20/h2-4,7-8,17,19H,5-6,9-16H2,1H3. The quantitative estimate of drug-likeness (QED) is 0.708. The molecular formula is C18H30N2O. The summed E-state index contributed by atoms with van der Waals surface area (Å²) in [7, 11) is 0. The highest BCUT2D eigenvalue weighted by molar-refractivity contribution is 5.15. The summed E-state index contributed by atoms with van der Waals surface area (Å²) in [5.41, 5.74) is 1.44. The lowest BCUT2D eigenvalue weighted by molar-refractivity contribution is 0.0372. The number of nitrogens with zero attached hydrogens (tertiary/aromatic N) is 1. The Morgan fingerprint density at radius 1 is 1.14 bits per heavy atom. The van der Waals surface area contributed by atoms with Gasteiger partial charge >= 0.3 is 0 Å². The molecule has 1 heterocycles. The molecule has 1 aliphatic rings. The van der Waals surface area contributed by atoms with Gasteiger partial charge in [-0.25, -0.2) is 0 Å². The summed E-state index contributed by atoms with van der Waals surface area (Å²) < 4.78 is 5.37. The molecule has 0 radical (unpaired) electrons. The molecule has 3 heteroatoms. The van der Waals surface area contributed by atoms with Crippen molar-refractivity contribution in [3.8, 4) is 0 Å². The summed E-state index contributed by atoms with van der Waals surface area (Å²) in [6.07, 6.45) is 3.73. The third-order valence-corrected chi connectivity index (χ3v) is 4.10. The van der Waals surface area contributed by atoms with E-state index in [1.54, 1.807) is 0 Å². The Labute approximate surface area is 129 Å². The minimum absolute atomic E-state index is 0.701. The predicted molar refractivity (Wildman–Crippen MR) is 88.7 cm³/mol. The molecule has 0 spiro atoms. The number of unbranched alkanes of at least 4 members (excludes halogenated alkanes) is 1. The van der Waals surface area contributed by atoms with Gasteiger partial charge in [0.1, 0.15) is 0 Å². The number of morpholine rings is 1. The van der Waals surface area contributed by atoms with Gasteiger partial charge in [0.2, 0.25) is 0 Å². The van der Waals surface area contributed by atoms with E-state index in [4.69, 9.17) is 4.74 Å². The van der Waals surface area contributed by atoms with Crippen LogP contribution < -0.4 is 5.32 Å². The molecule has 2 rings (SSSR count). The van der Waals surface area contributed by atoms with E-state index in [2.05, 4.69) is 47.5 Å². The largest absolute Gasteiger partial charge is 0.379 e. The number of ether oxygens (including phenoxy) is 1. The van der Waals surface area contributed by atoms with Crippen LogP contribution in [0.15, 0.2) is 30.3 Å². The molecule has 0 saturated carbocycles. The normalized spacial score (nSPS) is 17.8. The zero-order valence-corrected chi connectivity index (χ0v) is 13.4. The van der Waals surface area contributed by atoms with Gasteiger partial charge in [-0.2, -0.15) is 0 Å². The molecule has 0 bridgehead atoms. The second-order valence-corrected chi connectivity index (χ2v) is 6.16. The number of hydrogen-bond acceptors (Lipinski definition) is 3. The molecule has 21 heavy (non-hydrogen) atoms. The van der Waals surface area contributed by atoms with E-state index in [1.807, 2.05) is 0 Å². The highest BCUT2D eigenvalue weighted by Gasteiger charge is 2.09. The van der Waals surface area contributed by atoms with Crippen molar-refractivity contribution in [2.24, 2.45) is 5.92 Å². The molecule has 0 aromatic heterocycles. The van der Waals surface area contributed by atoms with Crippen molar-refractivity contribution in [1.82, 2.24) is 10.2 Å². The molecule has 3 nitrogen and oxygen atoms in total. The van der Waals surface area contributed by atoms with Gasteiger partial charge in [0.15, 0.2) is 0 Å². The topological polar surface area (TPSA) is 24.5 Å². The van der Waals surface area contributed by atoms with Gasteiger partial charge in [-0.3, -0.25) is 4.90 Å². The van der Waals surface area contributed by atoms with E-state index in [9.17, 15) is 0 Å². The predicted octanol–water partition coefficient (Wildman–Crippen LogP) is 2.57. The van der Waals surface area contributed by atoms with Crippen LogP contribution in [0.2, 0.25) is 0 Å². The summed E-state index contributed by atoms with van der Waals surface area (Å²) in [4.78, 5) is 2.52. The zero-order chi connectivity index (χ0) is 14.8. The molecule has 118 valence electrons. The van der Waals surface area contributed by atoms with Crippen molar-refractivity contribution >= 4 is 0 Å². The Hall–Kier alpha value is -0.900. The highest BCUT2D eigenvalue weighted by Crippen LogP contribution is 2.07. The number of benzene rings is 1. The first-order valence-corrected chi connectivity index (χ1v) is 8.39. The fourth-order valence-electron chi connectivity index (χ4n) is 2.85. The molecule has 1 atom stereocenters. The molecule has 1 saturated heterocycles. The lowest BCUT2D eigenvalue weighted by Gasteiger charge is -2.26. The maximum atomic E-state index is 5.37. The molecule has 0 aliphatic carbocycles. The molecule has 1 aliphatic heterocycles. The van der Waals surface area contributed by atoms with Crippen LogP contribution in [-0.2, 0) is 11.2 Å². The third-order valence-electron chi connectivity index (χ3n) is 4.10. The van der Waals surface area contributed by atoms with E-state index in [-0.39, 0.29) is 0 Å². The minimum Gasteiger partial charge on any atom is -0.379 e. The van der Waals surface area contributed by atoms with Crippen LogP contribution in [0.5, 0.6) is 0 Å². The first kappa shape index (κ1) is 16.5. The minimum atomic E-state index is 0.701. The van der Waals surface area contributed by atoms with E-state index < -0.39 is 0 Å². The monoisotopic (exact) mass is 290 g/mol. The summed E-state index contributed by atoms with van der Waals surface area (Å²) >= 11 is 0. The van der Waals surface area contributed by atoms with Crippen molar-refractivity contribution in [2.75, 3.05) is 45.9 Å². The molecule has 1 unspecified atom stereocenters. The first-order chi connectivity index (χ1) is 10.3. The maximum Gasteiger partial charge on any atom is 0.0594 e. The Kier molecular flexibility index (Phi) is 7.79. The van der Waals surface area contributed by atoms with Crippen LogP contribution >= 0.6 is 0 Å². The Morgan fingerprint density at radius 2 is 1.90 bits per heavy atom. The van der Waals surface area contributed by atoms with Gasteiger partial charge < -0.3 is 10.1 Å². The van der Waals surface area contributed by atoms with Gasteiger partial charge in [-0.05, 0) is 50.4 Å². The van der Waals surface area contributed by atoms with Crippen molar-refractivity contribution < 1.29 is 4.74 Å². The van der Waals surface area contributed by atoms with Gasteiger partial charge in [-0.15, -0.1) is 0 Å². The lowest BCUT2D eigenvalue weighted by atomic mass is 10.0. The van der Waals surface area contributed by atoms with E-state index in [0.717, 1.165) is 39.4 Å². The van der Waals surface area contributed by atoms with Crippen LogP contribution in [0.1, 0.15) is 25.3 Å². The fraction of sp³-hybridized carbons (Fsp3) is 0.667. The number of nitrogens with one attached hydrogen (secondary N) is 1. The van der Waals surface area contributed by atoms with Crippen LogP contribution in [0, 0.1) is 5.92 Å².